The van der Waals surface area contributed by atoms with Crippen molar-refractivity contribution in [3.8, 4) is 11.3 Å². The van der Waals surface area contributed by atoms with Gasteiger partial charge in [0.15, 0.2) is 5.78 Å². The van der Waals surface area contributed by atoms with E-state index in [1.165, 1.54) is 33.8 Å². The number of benzene rings is 4. The third kappa shape index (κ3) is 6.87. The van der Waals surface area contributed by atoms with Crippen LogP contribution in [0.3, 0.4) is 0 Å². The number of anilines is 1. The summed E-state index contributed by atoms with van der Waals surface area (Å²) in [6.45, 7) is 0.409. The number of rotatable bonds is 11. The Bertz CT molecular complexity index is 2390. The van der Waals surface area contributed by atoms with Crippen molar-refractivity contribution in [1.82, 2.24) is 18.9 Å². The van der Waals surface area contributed by atoms with E-state index in [1.54, 1.807) is 60.7 Å². The monoisotopic (exact) mass is 683 g/mol. The number of carbonyl (C=O) groups is 2. The molecule has 7 rings (SSSR count). The molecule has 0 aliphatic heterocycles. The van der Waals surface area contributed by atoms with E-state index in [0.29, 0.717) is 34.7 Å². The zero-order chi connectivity index (χ0) is 35.5. The molecule has 7 aromatic rings. The van der Waals surface area contributed by atoms with Crippen molar-refractivity contribution in [2.45, 2.75) is 19.6 Å². The van der Waals surface area contributed by atoms with Crippen molar-refractivity contribution >= 4 is 23.2 Å². The second kappa shape index (κ2) is 14.2. The number of aromatic nitrogens is 3. The molecular weight excluding hydrogens is 652 g/mol. The maximum atomic E-state index is 15.0. The van der Waals surface area contributed by atoms with Crippen molar-refractivity contribution in [2.24, 2.45) is 0 Å². The van der Waals surface area contributed by atoms with E-state index in [1.807, 2.05) is 42.3 Å². The Morgan fingerprint density at radius 3 is 2.18 bits per heavy atom. The summed E-state index contributed by atoms with van der Waals surface area (Å²) >= 11 is 0. The minimum Gasteiger partial charge on any atom is -0.472 e. The number of hydrogen-bond donors (Lipinski definition) is 1. The molecule has 0 aliphatic carbocycles. The zero-order valence-corrected chi connectivity index (χ0v) is 27.4. The predicted octanol–water partition coefficient (Wildman–Crippen LogP) is 7.20. The van der Waals surface area contributed by atoms with E-state index in [9.17, 15) is 14.4 Å². The third-order valence-corrected chi connectivity index (χ3v) is 8.52. The second-order valence-electron chi connectivity index (χ2n) is 12.1. The summed E-state index contributed by atoms with van der Waals surface area (Å²) in [5.41, 5.74) is 2.67. The molecule has 3 heterocycles. The topological polar surface area (TPSA) is 102 Å². The van der Waals surface area contributed by atoms with Crippen LogP contribution >= 0.6 is 0 Å². The van der Waals surface area contributed by atoms with E-state index < -0.39 is 23.0 Å². The number of fused-ring (bicyclic) bond motifs is 1. The van der Waals surface area contributed by atoms with Gasteiger partial charge in [-0.1, -0.05) is 78.9 Å². The molecule has 1 amide bonds. The lowest BCUT2D eigenvalue weighted by Gasteiger charge is -2.18. The quantitative estimate of drug-likeness (QED) is 0.145. The summed E-state index contributed by atoms with van der Waals surface area (Å²) in [7, 11) is 1.90. The highest BCUT2D eigenvalue weighted by atomic mass is 19.1. The van der Waals surface area contributed by atoms with Crippen LogP contribution in [0.25, 0.3) is 17.0 Å². The highest BCUT2D eigenvalue weighted by Crippen LogP contribution is 2.28. The molecule has 0 spiro atoms. The Labute approximate surface area is 291 Å². The Morgan fingerprint density at radius 2 is 1.51 bits per heavy atom. The van der Waals surface area contributed by atoms with Gasteiger partial charge in [-0.15, -0.1) is 0 Å². The molecule has 1 N–H and O–H groups in total. The number of hydrogen-bond acceptors (Lipinski definition) is 6. The molecule has 0 atom stereocenters. The van der Waals surface area contributed by atoms with E-state index in [0.717, 1.165) is 17.7 Å². The first-order valence-corrected chi connectivity index (χ1v) is 16.1. The Kier molecular flexibility index (Phi) is 9.19. The van der Waals surface area contributed by atoms with Gasteiger partial charge in [-0.2, -0.15) is 0 Å². The molecule has 4 aromatic carbocycles. The molecule has 9 nitrogen and oxygen atoms in total. The minimum atomic E-state index is -0.773. The van der Waals surface area contributed by atoms with Crippen LogP contribution in [0.15, 0.2) is 137 Å². The smallest absolute Gasteiger partial charge is 0.270 e. The first-order valence-electron chi connectivity index (χ1n) is 16.1. The number of furan rings is 1. The number of carbonyl (C=O) groups excluding carboxylic acids is 2. The first kappa shape index (κ1) is 33.1. The molecule has 0 radical (unpaired) electrons. The van der Waals surface area contributed by atoms with Crippen LogP contribution in [0.2, 0.25) is 0 Å². The van der Waals surface area contributed by atoms with Crippen LogP contribution in [-0.2, 0) is 19.6 Å². The van der Waals surface area contributed by atoms with Gasteiger partial charge in [-0.3, -0.25) is 19.3 Å². The summed E-state index contributed by atoms with van der Waals surface area (Å²) in [6.07, 6.45) is 4.08. The van der Waals surface area contributed by atoms with Gasteiger partial charge < -0.3 is 14.3 Å². The summed E-state index contributed by atoms with van der Waals surface area (Å²) in [6, 6.07) is 30.2. The van der Waals surface area contributed by atoms with Gasteiger partial charge in [-0.25, -0.2) is 18.2 Å². The number of ketones is 1. The maximum absolute atomic E-state index is 15.0. The molecule has 0 bridgehead atoms. The van der Waals surface area contributed by atoms with Crippen molar-refractivity contribution in [2.75, 3.05) is 12.4 Å². The van der Waals surface area contributed by atoms with Gasteiger partial charge >= 0.3 is 0 Å². The Morgan fingerprint density at radius 1 is 0.824 bits per heavy atom. The largest absolute Gasteiger partial charge is 0.472 e. The summed E-state index contributed by atoms with van der Waals surface area (Å²) in [5.74, 6) is -2.33. The number of nitrogens with zero attached hydrogens (tertiary/aromatic N) is 4. The number of amides is 1. The predicted molar refractivity (Wildman–Crippen MR) is 188 cm³/mol. The van der Waals surface area contributed by atoms with Gasteiger partial charge in [-0.05, 0) is 42.9 Å². The lowest BCUT2D eigenvalue weighted by Crippen LogP contribution is -2.29. The van der Waals surface area contributed by atoms with Gasteiger partial charge in [0.25, 0.3) is 11.5 Å². The molecule has 0 unspecified atom stereocenters. The minimum absolute atomic E-state index is 0.0997. The lowest BCUT2D eigenvalue weighted by atomic mass is 10.1. The summed E-state index contributed by atoms with van der Waals surface area (Å²) in [4.78, 5) is 47.8. The van der Waals surface area contributed by atoms with Crippen LogP contribution in [-0.4, -0.2) is 37.6 Å². The average molecular weight is 684 g/mol. The van der Waals surface area contributed by atoms with Crippen LogP contribution in [0.5, 0.6) is 0 Å². The van der Waals surface area contributed by atoms with E-state index in [2.05, 4.69) is 5.32 Å². The molecule has 0 saturated carbocycles. The van der Waals surface area contributed by atoms with Gasteiger partial charge in [0, 0.05) is 41.7 Å². The molecule has 0 fully saturated rings. The number of halogens is 2. The van der Waals surface area contributed by atoms with Crippen LogP contribution in [0.4, 0.5) is 14.5 Å². The zero-order valence-electron chi connectivity index (χ0n) is 27.4. The SMILES string of the molecule is CN(Cc1ccccc1)Cc1c(-c2ccc(NC(=O)c3ccoc3)cc2)nc2n(Cc3c(F)cccc3F)cc(C(=O)c3ccccc3)c(=O)n12. The molecule has 0 aliphatic rings. The molecule has 51 heavy (non-hydrogen) atoms. The third-order valence-electron chi connectivity index (χ3n) is 8.52. The van der Waals surface area contributed by atoms with Crippen LogP contribution < -0.4 is 10.9 Å². The number of imidazole rings is 1. The van der Waals surface area contributed by atoms with Crippen LogP contribution in [0.1, 0.15) is 43.1 Å². The highest BCUT2D eigenvalue weighted by molar-refractivity contribution is 6.08. The summed E-state index contributed by atoms with van der Waals surface area (Å²) in [5, 5.41) is 2.82. The van der Waals surface area contributed by atoms with E-state index in [-0.39, 0.29) is 41.5 Å². The number of nitrogens with one attached hydrogen (secondary N) is 1. The van der Waals surface area contributed by atoms with Gasteiger partial charge in [0.05, 0.1) is 29.8 Å². The van der Waals surface area contributed by atoms with Crippen molar-refractivity contribution < 1.29 is 22.8 Å². The fraction of sp³-hybridized carbons (Fsp3) is 0.100. The van der Waals surface area contributed by atoms with Crippen LogP contribution in [0, 0.1) is 11.6 Å². The molecule has 0 saturated heterocycles. The van der Waals surface area contributed by atoms with Crippen molar-refractivity contribution in [3.05, 3.63) is 183 Å². The molecular formula is C40H31F2N5O4. The van der Waals surface area contributed by atoms with Gasteiger partial charge in [0.1, 0.15) is 23.5 Å². The second-order valence-corrected chi connectivity index (χ2v) is 12.1. The van der Waals surface area contributed by atoms with Crippen molar-refractivity contribution in [3.63, 3.8) is 0 Å². The standard InChI is InChI=1S/C40H31F2N5O4/c1-45(21-26-9-4-2-5-10-26)24-35-36(27-15-17-30(18-16-27)43-38(49)29-19-20-51-25-29)44-40-46(22-31-33(41)13-8-14-34(31)42)23-32(39(50)47(35)40)37(48)28-11-6-3-7-12-28/h2-20,23,25H,21-22,24H2,1H3,(H,43,49). The van der Waals surface area contributed by atoms with E-state index in [4.69, 9.17) is 9.40 Å². The fourth-order valence-electron chi connectivity index (χ4n) is 6.00. The lowest BCUT2D eigenvalue weighted by molar-refractivity contribution is 0.102. The fourth-order valence-corrected chi connectivity index (χ4v) is 6.00. The van der Waals surface area contributed by atoms with Gasteiger partial charge in [0.2, 0.25) is 5.78 Å². The summed E-state index contributed by atoms with van der Waals surface area (Å²) < 4.78 is 37.9. The van der Waals surface area contributed by atoms with Crippen molar-refractivity contribution in [1.29, 1.82) is 0 Å². The molecule has 3 aromatic heterocycles. The average Bonchev–Trinajstić information content (AvgIpc) is 3.82. The Balaban J connectivity index is 1.40. The highest BCUT2D eigenvalue weighted by Gasteiger charge is 2.25. The normalized spacial score (nSPS) is 11.3. The first-order chi connectivity index (χ1) is 24.8. The maximum Gasteiger partial charge on any atom is 0.270 e. The molecule has 254 valence electrons. The Hall–Kier alpha value is -6.46. The molecule has 11 heteroatoms. The van der Waals surface area contributed by atoms with E-state index >= 15 is 8.78 Å².